The predicted octanol–water partition coefficient (Wildman–Crippen LogP) is 4.18. The second-order valence-electron chi connectivity index (χ2n) is 8.65. The van der Waals surface area contributed by atoms with Crippen LogP contribution in [0.1, 0.15) is 29.5 Å². The molecule has 3 aromatic rings. The van der Waals surface area contributed by atoms with Crippen LogP contribution in [0.5, 0.6) is 5.75 Å². The normalized spacial score (nSPS) is 18.4. The molecule has 0 bridgehead atoms. The zero-order valence-corrected chi connectivity index (χ0v) is 19.7. The maximum atomic E-state index is 13.5. The Morgan fingerprint density at radius 1 is 1.09 bits per heavy atom. The molecule has 1 aromatic heterocycles. The largest absolute Gasteiger partial charge is 0.490 e. The fourth-order valence-corrected chi connectivity index (χ4v) is 4.60. The topological polar surface area (TPSA) is 80.3 Å². The highest BCUT2D eigenvalue weighted by atomic mass is 32.2. The van der Waals surface area contributed by atoms with E-state index in [9.17, 15) is 26.0 Å². The lowest BCUT2D eigenvalue weighted by molar-refractivity contribution is -0.140. The summed E-state index contributed by atoms with van der Waals surface area (Å²) in [7, 11) is -3.26. The SMILES string of the molecule is CS(=O)(=O)NCCc1ccc(CNC2CC(Oc3ccc(F)c(C(F)(F)F)c3)C2)c2ccncc12. The summed E-state index contributed by atoms with van der Waals surface area (Å²) in [4.78, 5) is 4.20. The molecule has 4 rings (SSSR count). The van der Waals surface area contributed by atoms with E-state index >= 15 is 0 Å². The summed E-state index contributed by atoms with van der Waals surface area (Å²) in [6.07, 6.45) is 1.34. The molecule has 35 heavy (non-hydrogen) atoms. The summed E-state index contributed by atoms with van der Waals surface area (Å²) >= 11 is 0. The van der Waals surface area contributed by atoms with Gasteiger partial charge in [-0.05, 0) is 60.0 Å². The third kappa shape index (κ3) is 6.47. The summed E-state index contributed by atoms with van der Waals surface area (Å²) in [6, 6.07) is 8.69. The van der Waals surface area contributed by atoms with E-state index in [0.717, 1.165) is 34.2 Å². The van der Waals surface area contributed by atoms with Crippen LogP contribution < -0.4 is 14.8 Å². The zero-order valence-electron chi connectivity index (χ0n) is 18.9. The molecule has 0 amide bonds. The minimum Gasteiger partial charge on any atom is -0.490 e. The van der Waals surface area contributed by atoms with Crippen molar-refractivity contribution in [1.82, 2.24) is 15.0 Å². The molecule has 0 radical (unpaired) electrons. The summed E-state index contributed by atoms with van der Waals surface area (Å²) in [5, 5.41) is 5.41. The Hall–Kier alpha value is -2.76. The highest BCUT2D eigenvalue weighted by Crippen LogP contribution is 2.35. The number of nitrogens with zero attached hydrogens (tertiary/aromatic N) is 1. The number of benzene rings is 2. The second kappa shape index (κ2) is 10.1. The van der Waals surface area contributed by atoms with Crippen LogP contribution in [0.2, 0.25) is 0 Å². The summed E-state index contributed by atoms with van der Waals surface area (Å²) in [5.74, 6) is -1.32. The molecule has 6 nitrogen and oxygen atoms in total. The van der Waals surface area contributed by atoms with E-state index in [1.165, 1.54) is 6.07 Å². The summed E-state index contributed by atoms with van der Waals surface area (Å²) < 4.78 is 82.9. The molecule has 1 fully saturated rings. The van der Waals surface area contributed by atoms with E-state index in [4.69, 9.17) is 4.74 Å². The fraction of sp³-hybridized carbons (Fsp3) is 0.375. The van der Waals surface area contributed by atoms with Crippen LogP contribution in [0, 0.1) is 5.82 Å². The van der Waals surface area contributed by atoms with Crippen molar-refractivity contribution in [2.75, 3.05) is 12.8 Å². The van der Waals surface area contributed by atoms with Crippen molar-refractivity contribution in [3.63, 3.8) is 0 Å². The highest BCUT2D eigenvalue weighted by molar-refractivity contribution is 7.88. The van der Waals surface area contributed by atoms with Crippen molar-refractivity contribution in [2.45, 2.75) is 44.1 Å². The van der Waals surface area contributed by atoms with Gasteiger partial charge < -0.3 is 10.1 Å². The van der Waals surface area contributed by atoms with Crippen LogP contribution >= 0.6 is 0 Å². The van der Waals surface area contributed by atoms with Crippen LogP contribution in [0.25, 0.3) is 10.8 Å². The number of hydrogen-bond acceptors (Lipinski definition) is 5. The van der Waals surface area contributed by atoms with E-state index in [2.05, 4.69) is 15.0 Å². The van der Waals surface area contributed by atoms with Crippen LogP contribution in [-0.2, 0) is 29.2 Å². The summed E-state index contributed by atoms with van der Waals surface area (Å²) in [6.45, 7) is 0.872. The first-order valence-corrected chi connectivity index (χ1v) is 12.9. The number of fused-ring (bicyclic) bond motifs is 1. The van der Waals surface area contributed by atoms with Gasteiger partial charge in [0.05, 0.1) is 11.8 Å². The molecule has 1 saturated carbocycles. The van der Waals surface area contributed by atoms with Gasteiger partial charge >= 0.3 is 6.18 Å². The third-order valence-electron chi connectivity index (χ3n) is 5.98. The standard InChI is InChI=1S/C24H25F4N3O3S/c1-35(32,33)31-9-6-15-2-3-16(20-7-8-29-14-21(15)20)13-30-17-10-19(11-17)34-18-4-5-23(25)22(12-18)24(26,27)28/h2-5,7-8,12,14,17,19,30-31H,6,9-11,13H2,1H3. The molecular weight excluding hydrogens is 486 g/mol. The predicted molar refractivity (Wildman–Crippen MR) is 124 cm³/mol. The Balaban J connectivity index is 1.33. The van der Waals surface area contributed by atoms with Crippen molar-refractivity contribution in [1.29, 1.82) is 0 Å². The van der Waals surface area contributed by atoms with Crippen molar-refractivity contribution in [3.8, 4) is 5.75 Å². The second-order valence-corrected chi connectivity index (χ2v) is 10.5. The van der Waals surface area contributed by atoms with Gasteiger partial charge in [0.2, 0.25) is 10.0 Å². The number of alkyl halides is 3. The molecule has 188 valence electrons. The molecule has 2 N–H and O–H groups in total. The highest BCUT2D eigenvalue weighted by Gasteiger charge is 2.35. The van der Waals surface area contributed by atoms with E-state index in [1.54, 1.807) is 12.4 Å². The molecule has 0 unspecified atom stereocenters. The maximum absolute atomic E-state index is 13.5. The molecule has 0 aliphatic heterocycles. The molecule has 1 aliphatic rings. The smallest absolute Gasteiger partial charge is 0.419 e. The zero-order chi connectivity index (χ0) is 25.2. The number of sulfonamides is 1. The van der Waals surface area contributed by atoms with E-state index < -0.39 is 27.6 Å². The number of rotatable bonds is 9. The Bertz CT molecular complexity index is 1310. The fourth-order valence-electron chi connectivity index (χ4n) is 4.12. The molecule has 11 heteroatoms. The maximum Gasteiger partial charge on any atom is 0.419 e. The van der Waals surface area contributed by atoms with Gasteiger partial charge in [-0.25, -0.2) is 17.5 Å². The molecule has 0 spiro atoms. The quantitative estimate of drug-likeness (QED) is 0.422. The van der Waals surface area contributed by atoms with Gasteiger partial charge in [0.25, 0.3) is 0 Å². The van der Waals surface area contributed by atoms with Gasteiger partial charge in [0, 0.05) is 36.9 Å². The third-order valence-corrected chi connectivity index (χ3v) is 6.71. The van der Waals surface area contributed by atoms with Crippen LogP contribution in [0.3, 0.4) is 0 Å². The first kappa shape index (κ1) is 25.3. The van der Waals surface area contributed by atoms with Crippen LogP contribution in [0.15, 0.2) is 48.8 Å². The van der Waals surface area contributed by atoms with Crippen molar-refractivity contribution < 1.29 is 30.7 Å². The minimum absolute atomic E-state index is 0.00150. The Morgan fingerprint density at radius 2 is 1.83 bits per heavy atom. The lowest BCUT2D eigenvalue weighted by Crippen LogP contribution is -2.46. The van der Waals surface area contributed by atoms with E-state index in [1.807, 2.05) is 18.2 Å². The number of aromatic nitrogens is 1. The Kier molecular flexibility index (Phi) is 7.30. The van der Waals surface area contributed by atoms with Gasteiger partial charge in [-0.1, -0.05) is 12.1 Å². The Labute approximate surface area is 200 Å². The van der Waals surface area contributed by atoms with Gasteiger partial charge in [0.1, 0.15) is 17.7 Å². The van der Waals surface area contributed by atoms with Gasteiger partial charge in [0.15, 0.2) is 0 Å². The van der Waals surface area contributed by atoms with Crippen LogP contribution in [0.4, 0.5) is 17.6 Å². The summed E-state index contributed by atoms with van der Waals surface area (Å²) in [5.41, 5.74) is 0.712. The molecular formula is C24H25F4N3O3S. The number of hydrogen-bond donors (Lipinski definition) is 2. The number of ether oxygens (including phenoxy) is 1. The first-order chi connectivity index (χ1) is 16.5. The first-order valence-electron chi connectivity index (χ1n) is 11.1. The molecule has 1 heterocycles. The number of halogens is 4. The van der Waals surface area contributed by atoms with Gasteiger partial charge in [-0.15, -0.1) is 0 Å². The lowest BCUT2D eigenvalue weighted by atomic mass is 9.88. The number of nitrogens with one attached hydrogen (secondary N) is 2. The Morgan fingerprint density at radius 3 is 2.54 bits per heavy atom. The molecule has 2 aromatic carbocycles. The van der Waals surface area contributed by atoms with Crippen molar-refractivity contribution in [3.05, 3.63) is 71.3 Å². The lowest BCUT2D eigenvalue weighted by Gasteiger charge is -2.36. The van der Waals surface area contributed by atoms with E-state index in [-0.39, 0.29) is 17.9 Å². The van der Waals surface area contributed by atoms with Crippen molar-refractivity contribution >= 4 is 20.8 Å². The van der Waals surface area contributed by atoms with Gasteiger partial charge in [-0.2, -0.15) is 13.2 Å². The number of pyridine rings is 1. The van der Waals surface area contributed by atoms with E-state index in [0.29, 0.717) is 38.4 Å². The monoisotopic (exact) mass is 511 g/mol. The molecule has 0 atom stereocenters. The molecule has 1 aliphatic carbocycles. The van der Waals surface area contributed by atoms with Crippen molar-refractivity contribution in [2.24, 2.45) is 0 Å². The molecule has 0 saturated heterocycles. The average Bonchev–Trinajstić information content (AvgIpc) is 2.75. The minimum atomic E-state index is -4.77. The van der Waals surface area contributed by atoms with Gasteiger partial charge in [-0.3, -0.25) is 4.98 Å². The average molecular weight is 512 g/mol. The van der Waals surface area contributed by atoms with Crippen LogP contribution in [-0.4, -0.2) is 38.3 Å².